The largest absolute Gasteiger partial charge is 0.379 e. The molecule has 1 heterocycles. The summed E-state index contributed by atoms with van der Waals surface area (Å²) >= 11 is 0. The van der Waals surface area contributed by atoms with Gasteiger partial charge in [-0.2, -0.15) is 0 Å². The van der Waals surface area contributed by atoms with Crippen molar-refractivity contribution in [2.75, 3.05) is 65.8 Å². The monoisotopic (exact) mass is 542 g/mol. The fraction of sp³-hybridized carbons (Fsp3) is 0.933. The SMILES string of the molecule is CC(C)CN(CC(C)C)C(=O)C[C@@H]1OCCCOCCOCCCO[C@H]1CC(=O)N(CC(C)C)CC(C)C. The van der Waals surface area contributed by atoms with Gasteiger partial charge in [0.25, 0.3) is 0 Å². The molecule has 8 nitrogen and oxygen atoms in total. The lowest BCUT2D eigenvalue weighted by molar-refractivity contribution is -0.148. The van der Waals surface area contributed by atoms with Gasteiger partial charge in [-0.15, -0.1) is 0 Å². The van der Waals surface area contributed by atoms with Gasteiger partial charge in [0, 0.05) is 52.6 Å². The average molecular weight is 543 g/mol. The van der Waals surface area contributed by atoms with E-state index >= 15 is 0 Å². The predicted octanol–water partition coefficient (Wildman–Crippen LogP) is 4.65. The van der Waals surface area contributed by atoms with Crippen molar-refractivity contribution in [1.29, 1.82) is 0 Å². The van der Waals surface area contributed by atoms with E-state index in [1.165, 1.54) is 0 Å². The molecule has 0 N–H and O–H groups in total. The summed E-state index contributed by atoms with van der Waals surface area (Å²) in [5.41, 5.74) is 0. The molecule has 1 rings (SSSR count). The zero-order valence-corrected chi connectivity index (χ0v) is 25.7. The molecule has 0 spiro atoms. The third-order valence-corrected chi connectivity index (χ3v) is 6.12. The van der Waals surface area contributed by atoms with Crippen LogP contribution in [0.2, 0.25) is 0 Å². The van der Waals surface area contributed by atoms with Crippen LogP contribution in [0.1, 0.15) is 81.1 Å². The fourth-order valence-corrected chi connectivity index (χ4v) is 4.63. The molecule has 0 bridgehead atoms. The van der Waals surface area contributed by atoms with Gasteiger partial charge in [0.05, 0.1) is 38.3 Å². The maximum Gasteiger partial charge on any atom is 0.225 e. The third kappa shape index (κ3) is 16.0. The normalized spacial score (nSPS) is 20.6. The molecule has 0 unspecified atom stereocenters. The Kier molecular flexibility index (Phi) is 18.1. The van der Waals surface area contributed by atoms with Crippen molar-refractivity contribution in [2.45, 2.75) is 93.3 Å². The van der Waals surface area contributed by atoms with Crippen LogP contribution in [0.25, 0.3) is 0 Å². The summed E-state index contributed by atoms with van der Waals surface area (Å²) in [5, 5.41) is 0. The van der Waals surface area contributed by atoms with E-state index in [2.05, 4.69) is 55.4 Å². The number of nitrogens with zero attached hydrogens (tertiary/aromatic N) is 2. The van der Waals surface area contributed by atoms with Crippen molar-refractivity contribution < 1.29 is 28.5 Å². The standard InChI is InChI=1S/C30H58N2O6/c1-23(2)19-31(20-24(3)4)29(33)17-27-28(18-30(34)32(21-25(5)6)22-26(7)8)38-14-10-12-36-16-15-35-11-9-13-37-27/h23-28H,9-22H2,1-8H3/t27-,28-/m0/s1. The van der Waals surface area contributed by atoms with Crippen LogP contribution in [0.3, 0.4) is 0 Å². The zero-order valence-electron chi connectivity index (χ0n) is 25.7. The van der Waals surface area contributed by atoms with Crippen LogP contribution in [0.4, 0.5) is 0 Å². The third-order valence-electron chi connectivity index (χ3n) is 6.12. The molecule has 2 atom stereocenters. The van der Waals surface area contributed by atoms with Crippen LogP contribution in [-0.2, 0) is 28.5 Å². The van der Waals surface area contributed by atoms with E-state index in [9.17, 15) is 9.59 Å². The molecule has 0 aromatic carbocycles. The van der Waals surface area contributed by atoms with E-state index in [1.54, 1.807) is 0 Å². The first-order valence-corrected chi connectivity index (χ1v) is 14.9. The Balaban J connectivity index is 3.15. The van der Waals surface area contributed by atoms with Crippen LogP contribution in [-0.4, -0.2) is 99.6 Å². The highest BCUT2D eigenvalue weighted by atomic mass is 16.5. The van der Waals surface area contributed by atoms with Crippen molar-refractivity contribution in [3.8, 4) is 0 Å². The van der Waals surface area contributed by atoms with Crippen molar-refractivity contribution in [3.63, 3.8) is 0 Å². The minimum Gasteiger partial charge on any atom is -0.379 e. The minimum absolute atomic E-state index is 0.0559. The number of amides is 2. The topological polar surface area (TPSA) is 77.5 Å². The van der Waals surface area contributed by atoms with Crippen LogP contribution >= 0.6 is 0 Å². The van der Waals surface area contributed by atoms with Gasteiger partial charge in [0.1, 0.15) is 0 Å². The summed E-state index contributed by atoms with van der Waals surface area (Å²) in [6, 6.07) is 0. The molecule has 0 aromatic rings. The molecule has 1 aliphatic rings. The molecule has 8 heteroatoms. The van der Waals surface area contributed by atoms with Gasteiger partial charge >= 0.3 is 0 Å². The van der Waals surface area contributed by atoms with E-state index in [1.807, 2.05) is 9.80 Å². The minimum atomic E-state index is -0.503. The Morgan fingerprint density at radius 2 is 0.868 bits per heavy atom. The molecule has 2 amide bonds. The van der Waals surface area contributed by atoms with Crippen LogP contribution < -0.4 is 0 Å². The number of hydrogen-bond donors (Lipinski definition) is 0. The van der Waals surface area contributed by atoms with Crippen molar-refractivity contribution in [1.82, 2.24) is 9.80 Å². The molecule has 1 fully saturated rings. The highest BCUT2D eigenvalue weighted by Gasteiger charge is 2.32. The van der Waals surface area contributed by atoms with Crippen LogP contribution in [0.5, 0.6) is 0 Å². The van der Waals surface area contributed by atoms with E-state index < -0.39 is 12.2 Å². The second-order valence-corrected chi connectivity index (χ2v) is 12.3. The summed E-state index contributed by atoms with van der Waals surface area (Å²) in [6.07, 6.45) is 0.806. The summed E-state index contributed by atoms with van der Waals surface area (Å²) in [5.74, 6) is 1.59. The van der Waals surface area contributed by atoms with Gasteiger partial charge in [0.15, 0.2) is 0 Å². The summed E-state index contributed by atoms with van der Waals surface area (Å²) < 4.78 is 23.9. The molecule has 38 heavy (non-hydrogen) atoms. The van der Waals surface area contributed by atoms with Gasteiger partial charge in [-0.25, -0.2) is 0 Å². The Labute approximate surface area is 233 Å². The van der Waals surface area contributed by atoms with Crippen molar-refractivity contribution >= 4 is 11.8 Å². The average Bonchev–Trinajstić information content (AvgIpc) is 2.80. The van der Waals surface area contributed by atoms with Crippen molar-refractivity contribution in [3.05, 3.63) is 0 Å². The Bertz CT molecular complexity index is 566. The number of carbonyl (C=O) groups excluding carboxylic acids is 2. The predicted molar refractivity (Wildman–Crippen MR) is 152 cm³/mol. The molecule has 224 valence electrons. The number of ether oxygens (including phenoxy) is 4. The fourth-order valence-electron chi connectivity index (χ4n) is 4.63. The van der Waals surface area contributed by atoms with Gasteiger partial charge in [-0.05, 0) is 36.5 Å². The first kappa shape index (κ1) is 34.8. The van der Waals surface area contributed by atoms with Gasteiger partial charge in [0.2, 0.25) is 11.8 Å². The summed E-state index contributed by atoms with van der Waals surface area (Å²) in [6.45, 7) is 23.0. The lowest BCUT2D eigenvalue weighted by Gasteiger charge is -2.33. The highest BCUT2D eigenvalue weighted by molar-refractivity contribution is 5.78. The van der Waals surface area contributed by atoms with Crippen LogP contribution in [0.15, 0.2) is 0 Å². The first-order chi connectivity index (χ1) is 18.0. The lowest BCUT2D eigenvalue weighted by atomic mass is 10.0. The Morgan fingerprint density at radius 3 is 1.16 bits per heavy atom. The lowest BCUT2D eigenvalue weighted by Crippen LogP contribution is -2.45. The molecular formula is C30H58N2O6. The number of rotatable bonds is 12. The molecular weight excluding hydrogens is 484 g/mol. The second-order valence-electron chi connectivity index (χ2n) is 12.3. The molecule has 0 aromatic heterocycles. The van der Waals surface area contributed by atoms with E-state index in [0.717, 1.165) is 0 Å². The Morgan fingerprint density at radius 1 is 0.553 bits per heavy atom. The summed E-state index contributed by atoms with van der Waals surface area (Å²) in [7, 11) is 0. The maximum atomic E-state index is 13.6. The van der Waals surface area contributed by atoms with E-state index in [-0.39, 0.29) is 24.7 Å². The number of hydrogen-bond acceptors (Lipinski definition) is 6. The zero-order chi connectivity index (χ0) is 28.5. The van der Waals surface area contributed by atoms with Crippen molar-refractivity contribution in [2.24, 2.45) is 23.7 Å². The second kappa shape index (κ2) is 19.8. The van der Waals surface area contributed by atoms with Gasteiger partial charge < -0.3 is 28.7 Å². The van der Waals surface area contributed by atoms with Gasteiger partial charge in [-0.3, -0.25) is 9.59 Å². The molecule has 0 saturated carbocycles. The number of carbonyl (C=O) groups is 2. The smallest absolute Gasteiger partial charge is 0.225 e. The van der Waals surface area contributed by atoms with E-state index in [0.29, 0.717) is 102 Å². The van der Waals surface area contributed by atoms with E-state index in [4.69, 9.17) is 18.9 Å². The van der Waals surface area contributed by atoms with Gasteiger partial charge in [-0.1, -0.05) is 55.4 Å². The summed E-state index contributed by atoms with van der Waals surface area (Å²) in [4.78, 5) is 31.0. The molecule has 0 radical (unpaired) electrons. The maximum absolute atomic E-state index is 13.6. The van der Waals surface area contributed by atoms with Crippen LogP contribution in [0, 0.1) is 23.7 Å². The first-order valence-electron chi connectivity index (χ1n) is 14.9. The quantitative estimate of drug-likeness (QED) is 0.357. The molecule has 1 saturated heterocycles. The Hall–Kier alpha value is -1.22. The highest BCUT2D eigenvalue weighted by Crippen LogP contribution is 2.19. The molecule has 0 aliphatic carbocycles. The molecule has 1 aliphatic heterocycles.